The van der Waals surface area contributed by atoms with Crippen molar-refractivity contribution in [2.75, 3.05) is 7.11 Å². The van der Waals surface area contributed by atoms with Gasteiger partial charge in [-0.15, -0.1) is 0 Å². The zero-order valence-electron chi connectivity index (χ0n) is 10.7. The van der Waals surface area contributed by atoms with E-state index in [9.17, 15) is 0 Å². The van der Waals surface area contributed by atoms with Crippen molar-refractivity contribution < 1.29 is 4.74 Å². The quantitative estimate of drug-likeness (QED) is 0.877. The molecule has 0 atom stereocenters. The molecule has 0 unspecified atom stereocenters. The van der Waals surface area contributed by atoms with Crippen LogP contribution in [0.2, 0.25) is 0 Å². The number of nitrogens with two attached hydrogens (primary N) is 1. The largest absolute Gasteiger partial charge is 0.496 e. The molecule has 90 valence electrons. The molecule has 0 fully saturated rings. The molecule has 2 rings (SSSR count). The van der Waals surface area contributed by atoms with E-state index in [0.717, 1.165) is 12.2 Å². The maximum absolute atomic E-state index is 6.13. The van der Waals surface area contributed by atoms with E-state index in [-0.39, 0.29) is 5.54 Å². The summed E-state index contributed by atoms with van der Waals surface area (Å²) in [6.07, 6.45) is 0.803. The van der Waals surface area contributed by atoms with E-state index in [1.165, 1.54) is 16.3 Å². The van der Waals surface area contributed by atoms with Gasteiger partial charge in [0.05, 0.1) is 7.11 Å². The van der Waals surface area contributed by atoms with Crippen LogP contribution in [0.1, 0.15) is 19.4 Å². The van der Waals surface area contributed by atoms with Gasteiger partial charge in [0.2, 0.25) is 0 Å². The third-order valence-corrected chi connectivity index (χ3v) is 2.85. The van der Waals surface area contributed by atoms with Gasteiger partial charge in [0, 0.05) is 11.1 Å². The highest BCUT2D eigenvalue weighted by Gasteiger charge is 2.17. The van der Waals surface area contributed by atoms with E-state index in [1.807, 2.05) is 26.0 Å². The maximum atomic E-state index is 6.13. The van der Waals surface area contributed by atoms with Crippen LogP contribution in [0.4, 0.5) is 0 Å². The number of ether oxygens (including phenoxy) is 1. The van der Waals surface area contributed by atoms with Crippen molar-refractivity contribution in [3.63, 3.8) is 0 Å². The van der Waals surface area contributed by atoms with Crippen molar-refractivity contribution in [2.45, 2.75) is 25.8 Å². The Kier molecular flexibility index (Phi) is 3.07. The Hall–Kier alpha value is -1.54. The van der Waals surface area contributed by atoms with Gasteiger partial charge in [0.15, 0.2) is 0 Å². The highest BCUT2D eigenvalue weighted by Crippen LogP contribution is 2.30. The van der Waals surface area contributed by atoms with Crippen molar-refractivity contribution in [1.29, 1.82) is 0 Å². The first kappa shape index (κ1) is 11.9. The smallest absolute Gasteiger partial charge is 0.122 e. The number of methoxy groups -OCH3 is 1. The van der Waals surface area contributed by atoms with Gasteiger partial charge in [-0.1, -0.05) is 30.3 Å². The molecule has 0 spiro atoms. The van der Waals surface area contributed by atoms with Gasteiger partial charge in [-0.2, -0.15) is 0 Å². The predicted molar refractivity (Wildman–Crippen MR) is 72.5 cm³/mol. The van der Waals surface area contributed by atoms with E-state index in [0.29, 0.717) is 0 Å². The van der Waals surface area contributed by atoms with Crippen LogP contribution in [-0.2, 0) is 6.42 Å². The van der Waals surface area contributed by atoms with Crippen LogP contribution >= 0.6 is 0 Å². The fraction of sp³-hybridized carbons (Fsp3) is 0.333. The van der Waals surface area contributed by atoms with Gasteiger partial charge >= 0.3 is 0 Å². The maximum Gasteiger partial charge on any atom is 0.122 e. The molecule has 2 nitrogen and oxygen atoms in total. The number of benzene rings is 2. The molecule has 0 aromatic heterocycles. The number of hydrogen-bond acceptors (Lipinski definition) is 2. The third kappa shape index (κ3) is 2.59. The van der Waals surface area contributed by atoms with Gasteiger partial charge in [-0.05, 0) is 37.1 Å². The molecule has 0 aliphatic carbocycles. The molecule has 0 heterocycles. The molecule has 0 radical (unpaired) electrons. The Morgan fingerprint density at radius 2 is 1.82 bits per heavy atom. The Labute approximate surface area is 102 Å². The minimum Gasteiger partial charge on any atom is -0.496 e. The molecule has 0 bridgehead atoms. The monoisotopic (exact) mass is 229 g/mol. The number of hydrogen-bond donors (Lipinski definition) is 1. The summed E-state index contributed by atoms with van der Waals surface area (Å²) in [4.78, 5) is 0. The highest BCUT2D eigenvalue weighted by molar-refractivity contribution is 5.87. The summed E-state index contributed by atoms with van der Waals surface area (Å²) < 4.78 is 5.44. The lowest BCUT2D eigenvalue weighted by Gasteiger charge is -2.21. The lowest BCUT2D eigenvalue weighted by atomic mass is 9.92. The standard InChI is InChI=1S/C15H19NO/c1-15(2,16)10-13-12-7-5-4-6-11(12)8-9-14(13)17-3/h4-9H,10,16H2,1-3H3. The molecular formula is C15H19NO. The first-order valence-corrected chi connectivity index (χ1v) is 5.85. The van der Waals surface area contributed by atoms with Crippen LogP contribution < -0.4 is 10.5 Å². The lowest BCUT2D eigenvalue weighted by Crippen LogP contribution is -2.34. The molecule has 0 aliphatic heterocycles. The second kappa shape index (κ2) is 4.38. The zero-order valence-corrected chi connectivity index (χ0v) is 10.7. The first-order valence-electron chi connectivity index (χ1n) is 5.85. The summed E-state index contributed by atoms with van der Waals surface area (Å²) in [5, 5.41) is 2.46. The number of fused-ring (bicyclic) bond motifs is 1. The summed E-state index contributed by atoms with van der Waals surface area (Å²) in [6.45, 7) is 4.07. The lowest BCUT2D eigenvalue weighted by molar-refractivity contribution is 0.403. The molecule has 2 aromatic carbocycles. The van der Waals surface area contributed by atoms with E-state index in [4.69, 9.17) is 10.5 Å². The Morgan fingerprint density at radius 3 is 2.47 bits per heavy atom. The fourth-order valence-electron chi connectivity index (χ4n) is 2.15. The van der Waals surface area contributed by atoms with E-state index < -0.39 is 0 Å². The van der Waals surface area contributed by atoms with E-state index in [1.54, 1.807) is 7.11 Å². The van der Waals surface area contributed by atoms with Crippen LogP contribution in [0.3, 0.4) is 0 Å². The van der Waals surface area contributed by atoms with Crippen LogP contribution in [0.5, 0.6) is 5.75 Å². The van der Waals surface area contributed by atoms with Gasteiger partial charge in [-0.25, -0.2) is 0 Å². The van der Waals surface area contributed by atoms with Crippen LogP contribution in [-0.4, -0.2) is 12.6 Å². The molecule has 2 N–H and O–H groups in total. The number of rotatable bonds is 3. The fourth-order valence-corrected chi connectivity index (χ4v) is 2.15. The summed E-state index contributed by atoms with van der Waals surface area (Å²) in [5.74, 6) is 0.919. The van der Waals surface area contributed by atoms with Crippen molar-refractivity contribution >= 4 is 10.8 Å². The van der Waals surface area contributed by atoms with Crippen molar-refractivity contribution in [3.8, 4) is 5.75 Å². The highest BCUT2D eigenvalue weighted by atomic mass is 16.5. The van der Waals surface area contributed by atoms with Crippen LogP contribution in [0, 0.1) is 0 Å². The minimum atomic E-state index is -0.239. The minimum absolute atomic E-state index is 0.239. The summed E-state index contributed by atoms with van der Waals surface area (Å²) >= 11 is 0. The van der Waals surface area contributed by atoms with Crippen molar-refractivity contribution in [2.24, 2.45) is 5.73 Å². The molecular weight excluding hydrogens is 210 g/mol. The van der Waals surface area contributed by atoms with Crippen LogP contribution in [0.15, 0.2) is 36.4 Å². The van der Waals surface area contributed by atoms with Crippen LogP contribution in [0.25, 0.3) is 10.8 Å². The van der Waals surface area contributed by atoms with E-state index >= 15 is 0 Å². The van der Waals surface area contributed by atoms with Crippen molar-refractivity contribution in [3.05, 3.63) is 42.0 Å². The summed E-state index contributed by atoms with van der Waals surface area (Å²) in [6, 6.07) is 12.4. The molecule has 0 aliphatic rings. The molecule has 2 aromatic rings. The van der Waals surface area contributed by atoms with Gasteiger partial charge in [0.25, 0.3) is 0 Å². The molecule has 17 heavy (non-hydrogen) atoms. The van der Waals surface area contributed by atoms with Crippen molar-refractivity contribution in [1.82, 2.24) is 0 Å². The molecule has 0 saturated carbocycles. The van der Waals surface area contributed by atoms with Gasteiger partial charge in [0.1, 0.15) is 5.75 Å². The Balaban J connectivity index is 2.63. The summed E-state index contributed by atoms with van der Waals surface area (Å²) in [5.41, 5.74) is 7.08. The normalized spacial score (nSPS) is 11.8. The summed E-state index contributed by atoms with van der Waals surface area (Å²) in [7, 11) is 1.71. The van der Waals surface area contributed by atoms with Gasteiger partial charge in [-0.3, -0.25) is 0 Å². The average molecular weight is 229 g/mol. The average Bonchev–Trinajstić information content (AvgIpc) is 2.28. The third-order valence-electron chi connectivity index (χ3n) is 2.85. The second-order valence-electron chi connectivity index (χ2n) is 5.13. The molecule has 0 amide bonds. The second-order valence-corrected chi connectivity index (χ2v) is 5.13. The molecule has 0 saturated heterocycles. The SMILES string of the molecule is COc1ccc2ccccc2c1CC(C)(C)N. The first-order chi connectivity index (χ1) is 8.01. The molecule has 2 heteroatoms. The Bertz CT molecular complexity index is 526. The Morgan fingerprint density at radius 1 is 1.12 bits per heavy atom. The van der Waals surface area contributed by atoms with E-state index in [2.05, 4.69) is 24.3 Å². The topological polar surface area (TPSA) is 35.2 Å². The predicted octanol–water partition coefficient (Wildman–Crippen LogP) is 3.13. The van der Waals surface area contributed by atoms with Gasteiger partial charge < -0.3 is 10.5 Å². The zero-order chi connectivity index (χ0) is 12.5.